The Morgan fingerprint density at radius 1 is 1.17 bits per heavy atom. The quantitative estimate of drug-likeness (QED) is 0.496. The molecule has 1 aliphatic rings. The zero-order chi connectivity index (χ0) is 17.7. The number of carbonyl (C=O) groups is 3. The first-order valence-electron chi connectivity index (χ1n) is 7.94. The van der Waals surface area contributed by atoms with Gasteiger partial charge in [0.25, 0.3) is 0 Å². The second kappa shape index (κ2) is 8.10. The largest absolute Gasteiger partial charge is 0.545 e. The van der Waals surface area contributed by atoms with Crippen LogP contribution in [0.4, 0.5) is 5.00 Å². The summed E-state index contributed by atoms with van der Waals surface area (Å²) in [6, 6.07) is 0. The summed E-state index contributed by atoms with van der Waals surface area (Å²) >= 11 is 1.36. The van der Waals surface area contributed by atoms with Gasteiger partial charge in [-0.05, 0) is 51.2 Å². The van der Waals surface area contributed by atoms with Crippen LogP contribution >= 0.6 is 11.3 Å². The molecule has 0 aromatic carbocycles. The summed E-state index contributed by atoms with van der Waals surface area (Å²) in [5, 5.41) is 13.4. The monoisotopic (exact) mass is 350 g/mol. The summed E-state index contributed by atoms with van der Waals surface area (Å²) in [6.45, 7) is 3.54. The number of ether oxygens (including phenoxy) is 1. The number of amides is 1. The Morgan fingerprint density at radius 3 is 2.54 bits per heavy atom. The number of hydrogen-bond donors (Lipinski definition) is 1. The molecule has 1 heterocycles. The average Bonchev–Trinajstić information content (AvgIpc) is 2.65. The van der Waals surface area contributed by atoms with Crippen molar-refractivity contribution in [2.24, 2.45) is 0 Å². The second-order valence-electron chi connectivity index (χ2n) is 5.86. The highest BCUT2D eigenvalue weighted by molar-refractivity contribution is 7.17. The molecule has 1 aliphatic carbocycles. The third-order valence-corrected chi connectivity index (χ3v) is 4.78. The Hall–Kier alpha value is -2.15. The van der Waals surface area contributed by atoms with Crippen LogP contribution in [-0.2, 0) is 27.2 Å². The van der Waals surface area contributed by atoms with Crippen LogP contribution in [-0.4, -0.2) is 23.9 Å². The molecule has 0 fully saturated rings. The first-order valence-corrected chi connectivity index (χ1v) is 8.75. The van der Waals surface area contributed by atoms with Crippen molar-refractivity contribution in [3.63, 3.8) is 0 Å². The Morgan fingerprint density at radius 2 is 1.88 bits per heavy atom. The first-order chi connectivity index (χ1) is 11.4. The molecule has 130 valence electrons. The Bertz CT molecular complexity index is 675. The average molecular weight is 350 g/mol. The van der Waals surface area contributed by atoms with Crippen LogP contribution in [0.25, 0.3) is 0 Å². The number of esters is 1. The van der Waals surface area contributed by atoms with Crippen molar-refractivity contribution in [1.29, 1.82) is 0 Å². The second-order valence-corrected chi connectivity index (χ2v) is 6.97. The molecule has 0 aliphatic heterocycles. The van der Waals surface area contributed by atoms with Crippen molar-refractivity contribution in [3.05, 3.63) is 28.2 Å². The zero-order valence-corrected chi connectivity index (χ0v) is 14.5. The molecule has 0 bridgehead atoms. The van der Waals surface area contributed by atoms with Crippen LogP contribution in [0, 0.1) is 0 Å². The molecule has 0 saturated carbocycles. The lowest BCUT2D eigenvalue weighted by molar-refractivity contribution is -0.297. The van der Waals surface area contributed by atoms with Crippen molar-refractivity contribution in [2.75, 3.05) is 5.32 Å². The van der Waals surface area contributed by atoms with Crippen molar-refractivity contribution >= 4 is 34.2 Å². The van der Waals surface area contributed by atoms with Gasteiger partial charge in [-0.25, -0.2) is 4.79 Å². The number of fused-ring (bicyclic) bond motifs is 1. The Kier molecular flexibility index (Phi) is 6.14. The van der Waals surface area contributed by atoms with E-state index in [-0.39, 0.29) is 6.10 Å². The summed E-state index contributed by atoms with van der Waals surface area (Å²) in [5.41, 5.74) is 1.35. The van der Waals surface area contributed by atoms with E-state index < -0.39 is 17.8 Å². The van der Waals surface area contributed by atoms with Crippen molar-refractivity contribution in [1.82, 2.24) is 0 Å². The highest BCUT2D eigenvalue weighted by Gasteiger charge is 2.26. The van der Waals surface area contributed by atoms with Crippen molar-refractivity contribution < 1.29 is 24.2 Å². The van der Waals surface area contributed by atoms with E-state index in [2.05, 4.69) is 5.32 Å². The van der Waals surface area contributed by atoms with Crippen molar-refractivity contribution in [3.8, 4) is 0 Å². The van der Waals surface area contributed by atoms with Crippen LogP contribution in [0.3, 0.4) is 0 Å². The Labute approximate surface area is 144 Å². The molecule has 2 rings (SSSR count). The molecule has 0 atom stereocenters. The molecular weight excluding hydrogens is 330 g/mol. The topological polar surface area (TPSA) is 95.5 Å². The van der Waals surface area contributed by atoms with Crippen LogP contribution in [0.2, 0.25) is 0 Å². The van der Waals surface area contributed by atoms with Gasteiger partial charge in [0.05, 0.1) is 17.6 Å². The molecule has 7 heteroatoms. The Balaban J connectivity index is 2.33. The maximum Gasteiger partial charge on any atom is 0.341 e. The predicted octanol–water partition coefficient (Wildman–Crippen LogP) is 1.83. The SMILES string of the molecule is CC(C)OC(=O)c1c(NC(=O)/C=C/C(=O)[O-])sc2c1CCCCC2. The maximum atomic E-state index is 12.5. The van der Waals surface area contributed by atoms with Gasteiger partial charge < -0.3 is 20.0 Å². The van der Waals surface area contributed by atoms with Gasteiger partial charge >= 0.3 is 5.97 Å². The van der Waals surface area contributed by atoms with E-state index in [0.29, 0.717) is 16.6 Å². The number of thiophene rings is 1. The number of aliphatic carboxylic acids is 1. The van der Waals surface area contributed by atoms with E-state index in [1.54, 1.807) is 13.8 Å². The fourth-order valence-electron chi connectivity index (χ4n) is 2.62. The number of nitrogens with one attached hydrogen (secondary N) is 1. The minimum Gasteiger partial charge on any atom is -0.545 e. The zero-order valence-electron chi connectivity index (χ0n) is 13.7. The van der Waals surface area contributed by atoms with Gasteiger partial charge in [-0.3, -0.25) is 4.79 Å². The van der Waals surface area contributed by atoms with E-state index in [4.69, 9.17) is 4.74 Å². The molecule has 1 aromatic rings. The van der Waals surface area contributed by atoms with E-state index in [0.717, 1.165) is 48.6 Å². The van der Waals surface area contributed by atoms with E-state index in [1.165, 1.54) is 11.3 Å². The number of carbonyl (C=O) groups excluding carboxylic acids is 3. The third-order valence-electron chi connectivity index (χ3n) is 3.58. The standard InChI is InChI=1S/C17H21NO5S/c1-10(2)23-17(22)15-11-6-4-3-5-7-12(11)24-16(15)18-13(19)8-9-14(20)21/h8-10H,3-7H2,1-2H3,(H,18,19)(H,20,21)/p-1/b9-8+. The number of anilines is 1. The van der Waals surface area contributed by atoms with Gasteiger partial charge in [0.1, 0.15) is 5.00 Å². The fourth-order valence-corrected chi connectivity index (χ4v) is 3.90. The molecule has 0 unspecified atom stereocenters. The van der Waals surface area contributed by atoms with Gasteiger partial charge in [0.15, 0.2) is 0 Å². The minimum atomic E-state index is -1.45. The van der Waals surface area contributed by atoms with Crippen molar-refractivity contribution in [2.45, 2.75) is 52.1 Å². The van der Waals surface area contributed by atoms with Crippen LogP contribution in [0.1, 0.15) is 53.9 Å². The highest BCUT2D eigenvalue weighted by Crippen LogP contribution is 2.38. The third kappa shape index (κ3) is 4.67. The lowest BCUT2D eigenvalue weighted by atomic mass is 10.1. The number of carboxylic acids is 1. The predicted molar refractivity (Wildman–Crippen MR) is 88.9 cm³/mol. The summed E-state index contributed by atoms with van der Waals surface area (Å²) in [7, 11) is 0. The van der Waals surface area contributed by atoms with Gasteiger partial charge in [-0.15, -0.1) is 11.3 Å². The number of carboxylic acid groups (broad SMARTS) is 1. The maximum absolute atomic E-state index is 12.5. The number of rotatable bonds is 5. The highest BCUT2D eigenvalue weighted by atomic mass is 32.1. The molecule has 1 N–H and O–H groups in total. The summed E-state index contributed by atoms with van der Waals surface area (Å²) in [5.74, 6) is -2.52. The molecule has 0 radical (unpaired) electrons. The van der Waals surface area contributed by atoms with E-state index in [9.17, 15) is 19.5 Å². The molecule has 6 nitrogen and oxygen atoms in total. The van der Waals surface area contributed by atoms with E-state index in [1.807, 2.05) is 0 Å². The lowest BCUT2D eigenvalue weighted by Crippen LogP contribution is -2.20. The van der Waals surface area contributed by atoms with Gasteiger partial charge in [-0.2, -0.15) is 0 Å². The normalized spacial score (nSPS) is 14.3. The molecule has 1 aromatic heterocycles. The minimum absolute atomic E-state index is 0.264. The number of aryl methyl sites for hydroxylation is 1. The molecule has 24 heavy (non-hydrogen) atoms. The summed E-state index contributed by atoms with van der Waals surface area (Å²) in [4.78, 5) is 35.8. The smallest absolute Gasteiger partial charge is 0.341 e. The fraction of sp³-hybridized carbons (Fsp3) is 0.471. The molecule has 0 spiro atoms. The molecule has 0 saturated heterocycles. The van der Waals surface area contributed by atoms with Gasteiger partial charge in [0.2, 0.25) is 5.91 Å². The molecule has 1 amide bonds. The molecular formula is C17H20NO5S-. The number of hydrogen-bond acceptors (Lipinski definition) is 6. The lowest BCUT2D eigenvalue weighted by Gasteiger charge is -2.11. The summed E-state index contributed by atoms with van der Waals surface area (Å²) in [6.07, 6.45) is 6.05. The van der Waals surface area contributed by atoms with E-state index >= 15 is 0 Å². The van der Waals surface area contributed by atoms with Crippen LogP contribution < -0.4 is 10.4 Å². The van der Waals surface area contributed by atoms with Crippen LogP contribution in [0.5, 0.6) is 0 Å². The summed E-state index contributed by atoms with van der Waals surface area (Å²) < 4.78 is 5.32. The van der Waals surface area contributed by atoms with Gasteiger partial charge in [0, 0.05) is 11.0 Å². The van der Waals surface area contributed by atoms with Gasteiger partial charge in [-0.1, -0.05) is 6.42 Å². The van der Waals surface area contributed by atoms with Crippen LogP contribution in [0.15, 0.2) is 12.2 Å². The first kappa shape index (κ1) is 18.2.